The molecule has 0 aromatic heterocycles. The van der Waals surface area contributed by atoms with Crippen LogP contribution in [0.3, 0.4) is 0 Å². The average Bonchev–Trinajstić information content (AvgIpc) is 2.12. The van der Waals surface area contributed by atoms with Gasteiger partial charge in [-0.3, -0.25) is 4.79 Å². The van der Waals surface area contributed by atoms with Crippen molar-refractivity contribution in [3.8, 4) is 11.8 Å². The monoisotopic (exact) mass is 227 g/mol. The number of hydrogen-bond donors (Lipinski definition) is 1. The number of hydrogen-bond acceptors (Lipinski definition) is 1. The lowest BCUT2D eigenvalue weighted by atomic mass is 10.3. The molecule has 0 saturated carbocycles. The molecule has 0 unspecified atom stereocenters. The SMILES string of the molecule is CC#CC(=O)Nc1ccc(Cl)c(Cl)c1. The van der Waals surface area contributed by atoms with E-state index in [9.17, 15) is 4.79 Å². The van der Waals surface area contributed by atoms with E-state index in [1.54, 1.807) is 25.1 Å². The Morgan fingerprint density at radius 2 is 2.07 bits per heavy atom. The van der Waals surface area contributed by atoms with Crippen molar-refractivity contribution in [3.63, 3.8) is 0 Å². The van der Waals surface area contributed by atoms with E-state index >= 15 is 0 Å². The summed E-state index contributed by atoms with van der Waals surface area (Å²) in [5.74, 6) is 4.48. The molecule has 0 aliphatic rings. The fourth-order valence-electron chi connectivity index (χ4n) is 0.850. The van der Waals surface area contributed by atoms with E-state index < -0.39 is 0 Å². The number of halogens is 2. The molecular formula is C10H7Cl2NO. The summed E-state index contributed by atoms with van der Waals surface area (Å²) in [6.07, 6.45) is 0. The van der Waals surface area contributed by atoms with Gasteiger partial charge in [-0.25, -0.2) is 0 Å². The van der Waals surface area contributed by atoms with Gasteiger partial charge in [0.2, 0.25) is 0 Å². The van der Waals surface area contributed by atoms with Crippen LogP contribution in [0.2, 0.25) is 10.0 Å². The molecule has 0 aliphatic heterocycles. The van der Waals surface area contributed by atoms with E-state index in [2.05, 4.69) is 17.2 Å². The van der Waals surface area contributed by atoms with Crippen LogP contribution in [0.25, 0.3) is 0 Å². The first-order valence-corrected chi connectivity index (χ1v) is 4.58. The summed E-state index contributed by atoms with van der Waals surface area (Å²) in [4.78, 5) is 11.0. The van der Waals surface area contributed by atoms with Gasteiger partial charge in [0.15, 0.2) is 0 Å². The Kier molecular flexibility index (Phi) is 3.82. The van der Waals surface area contributed by atoms with Gasteiger partial charge < -0.3 is 5.32 Å². The van der Waals surface area contributed by atoms with Crippen LogP contribution < -0.4 is 5.32 Å². The third kappa shape index (κ3) is 2.95. The molecule has 1 aromatic carbocycles. The van der Waals surface area contributed by atoms with Crippen LogP contribution in [-0.2, 0) is 4.79 Å². The Labute approximate surface area is 92.2 Å². The van der Waals surface area contributed by atoms with E-state index in [-0.39, 0.29) is 5.91 Å². The largest absolute Gasteiger partial charge is 0.315 e. The lowest BCUT2D eigenvalue weighted by Gasteiger charge is -2.02. The molecule has 1 N–H and O–H groups in total. The van der Waals surface area contributed by atoms with Gasteiger partial charge in [-0.2, -0.15) is 0 Å². The second-order valence-corrected chi connectivity index (χ2v) is 3.27. The van der Waals surface area contributed by atoms with Crippen LogP contribution >= 0.6 is 23.2 Å². The number of carbonyl (C=O) groups is 1. The van der Waals surface area contributed by atoms with Crippen molar-refractivity contribution in [3.05, 3.63) is 28.2 Å². The van der Waals surface area contributed by atoms with Crippen molar-refractivity contribution in [2.75, 3.05) is 5.32 Å². The highest BCUT2D eigenvalue weighted by Gasteiger charge is 2.01. The molecule has 0 atom stereocenters. The predicted octanol–water partition coefficient (Wildman–Crippen LogP) is 2.96. The van der Waals surface area contributed by atoms with Gasteiger partial charge in [-0.15, -0.1) is 0 Å². The average molecular weight is 228 g/mol. The topological polar surface area (TPSA) is 29.1 Å². The Bertz CT molecular complexity index is 418. The van der Waals surface area contributed by atoms with Gasteiger partial charge >= 0.3 is 0 Å². The highest BCUT2D eigenvalue weighted by atomic mass is 35.5. The second kappa shape index (κ2) is 4.90. The van der Waals surface area contributed by atoms with Crippen LogP contribution in [-0.4, -0.2) is 5.91 Å². The summed E-state index contributed by atoms with van der Waals surface area (Å²) in [6.45, 7) is 1.59. The molecule has 72 valence electrons. The minimum absolute atomic E-state index is 0.370. The molecule has 0 radical (unpaired) electrons. The Morgan fingerprint density at radius 1 is 1.36 bits per heavy atom. The van der Waals surface area contributed by atoms with Gasteiger partial charge in [0.25, 0.3) is 5.91 Å². The first-order chi connectivity index (χ1) is 6.63. The van der Waals surface area contributed by atoms with Gasteiger partial charge in [0.05, 0.1) is 10.0 Å². The minimum atomic E-state index is -0.370. The van der Waals surface area contributed by atoms with Gasteiger partial charge in [0.1, 0.15) is 0 Å². The fourth-order valence-corrected chi connectivity index (χ4v) is 1.15. The lowest BCUT2D eigenvalue weighted by molar-refractivity contribution is -0.111. The molecule has 0 heterocycles. The summed E-state index contributed by atoms with van der Waals surface area (Å²) >= 11 is 11.5. The quantitative estimate of drug-likeness (QED) is 0.735. The second-order valence-electron chi connectivity index (χ2n) is 2.46. The van der Waals surface area contributed by atoms with E-state index in [0.717, 1.165) is 0 Å². The molecule has 0 fully saturated rings. The van der Waals surface area contributed by atoms with E-state index in [4.69, 9.17) is 23.2 Å². The molecule has 1 amide bonds. The van der Waals surface area contributed by atoms with Crippen LogP contribution in [0.1, 0.15) is 6.92 Å². The van der Waals surface area contributed by atoms with Crippen LogP contribution in [0, 0.1) is 11.8 Å². The number of anilines is 1. The number of nitrogens with one attached hydrogen (secondary N) is 1. The maximum atomic E-state index is 11.0. The van der Waals surface area contributed by atoms with Crippen molar-refractivity contribution in [2.24, 2.45) is 0 Å². The lowest BCUT2D eigenvalue weighted by Crippen LogP contribution is -2.08. The zero-order valence-corrected chi connectivity index (χ0v) is 8.91. The summed E-state index contributed by atoms with van der Waals surface area (Å²) in [7, 11) is 0. The zero-order valence-electron chi connectivity index (χ0n) is 7.40. The molecule has 0 aliphatic carbocycles. The fraction of sp³-hybridized carbons (Fsp3) is 0.100. The van der Waals surface area contributed by atoms with Crippen molar-refractivity contribution >= 4 is 34.8 Å². The summed E-state index contributed by atoms with van der Waals surface area (Å²) < 4.78 is 0. The van der Waals surface area contributed by atoms with Gasteiger partial charge in [-0.05, 0) is 31.0 Å². The van der Waals surface area contributed by atoms with Crippen molar-refractivity contribution < 1.29 is 4.79 Å². The smallest absolute Gasteiger partial charge is 0.300 e. The molecule has 1 aromatic rings. The van der Waals surface area contributed by atoms with Crippen molar-refractivity contribution in [1.82, 2.24) is 0 Å². The van der Waals surface area contributed by atoms with Crippen molar-refractivity contribution in [1.29, 1.82) is 0 Å². The van der Waals surface area contributed by atoms with Crippen LogP contribution in [0.15, 0.2) is 18.2 Å². The highest BCUT2D eigenvalue weighted by molar-refractivity contribution is 6.42. The maximum absolute atomic E-state index is 11.0. The molecule has 1 rings (SSSR count). The van der Waals surface area contributed by atoms with Crippen molar-refractivity contribution in [2.45, 2.75) is 6.92 Å². The molecule has 4 heteroatoms. The zero-order chi connectivity index (χ0) is 10.6. The first-order valence-electron chi connectivity index (χ1n) is 3.82. The molecule has 0 spiro atoms. The van der Waals surface area contributed by atoms with Crippen LogP contribution in [0.5, 0.6) is 0 Å². The predicted molar refractivity (Wildman–Crippen MR) is 58.5 cm³/mol. The van der Waals surface area contributed by atoms with Gasteiger partial charge in [-0.1, -0.05) is 29.1 Å². The number of benzene rings is 1. The molecule has 14 heavy (non-hydrogen) atoms. The molecular weight excluding hydrogens is 221 g/mol. The highest BCUT2D eigenvalue weighted by Crippen LogP contribution is 2.24. The number of carbonyl (C=O) groups excluding carboxylic acids is 1. The normalized spacial score (nSPS) is 8.79. The summed E-state index contributed by atoms with van der Waals surface area (Å²) in [5, 5.41) is 3.40. The minimum Gasteiger partial charge on any atom is -0.315 e. The Morgan fingerprint density at radius 3 is 2.64 bits per heavy atom. The van der Waals surface area contributed by atoms with E-state index in [1.165, 1.54) is 0 Å². The first kappa shape index (κ1) is 10.9. The van der Waals surface area contributed by atoms with Crippen LogP contribution in [0.4, 0.5) is 5.69 Å². The Hall–Kier alpha value is -1.17. The third-order valence-corrected chi connectivity index (χ3v) is 2.16. The third-order valence-electron chi connectivity index (χ3n) is 1.42. The van der Waals surface area contributed by atoms with Gasteiger partial charge in [0, 0.05) is 5.69 Å². The van der Waals surface area contributed by atoms with E-state index in [1.807, 2.05) is 0 Å². The van der Waals surface area contributed by atoms with E-state index in [0.29, 0.717) is 15.7 Å². The molecule has 0 saturated heterocycles. The number of amides is 1. The Balaban J connectivity index is 2.81. The number of rotatable bonds is 1. The maximum Gasteiger partial charge on any atom is 0.300 e. The summed E-state index contributed by atoms with van der Waals surface area (Å²) in [5.41, 5.74) is 0.576. The standard InChI is InChI=1S/C10H7Cl2NO/c1-2-3-10(14)13-7-4-5-8(11)9(12)6-7/h4-6H,1H3,(H,13,14). The molecule has 2 nitrogen and oxygen atoms in total. The summed E-state index contributed by atoms with van der Waals surface area (Å²) in [6, 6.07) is 4.83. The molecule has 0 bridgehead atoms.